The van der Waals surface area contributed by atoms with Crippen LogP contribution in [0.3, 0.4) is 0 Å². The molecule has 0 bridgehead atoms. The molecule has 1 aromatic heterocycles. The number of hydrogen-bond donors (Lipinski definition) is 1. The van der Waals surface area contributed by atoms with Crippen LogP contribution in [-0.4, -0.2) is 61.9 Å². The van der Waals surface area contributed by atoms with Crippen molar-refractivity contribution < 1.29 is 99.1 Å². The SMILES string of the molecule is CCCC[n+]1cc(Cl)cc2c1N=C(/C=C/C1=C(c3cccc(OCCCCO)c3)C(=C/C=C3/N(CCCS(=O)(=O)[O-])c4cc[c-]cc4C3(C)C)/CCC1)C2(C)C.O=S(=O)=O.[Na+].[Na+]. The van der Waals surface area contributed by atoms with Crippen LogP contribution in [0.25, 0.3) is 5.57 Å². The molecule has 6 rings (SSSR count). The van der Waals surface area contributed by atoms with Crippen LogP contribution in [-0.2, 0) is 38.1 Å². The normalized spacial score (nSPS) is 17.5. The molecule has 62 heavy (non-hydrogen) atoms. The maximum absolute atomic E-state index is 11.6. The first-order valence-corrected chi connectivity index (χ1v) is 23.4. The minimum absolute atomic E-state index is 0. The van der Waals surface area contributed by atoms with Gasteiger partial charge >= 0.3 is 75.5 Å². The molecular formula is C46H55ClN3Na2O8S2+. The van der Waals surface area contributed by atoms with Gasteiger partial charge < -0.3 is 19.3 Å². The molecule has 0 amide bonds. The van der Waals surface area contributed by atoms with Crippen molar-refractivity contribution in [3.63, 3.8) is 0 Å². The fourth-order valence-corrected chi connectivity index (χ4v) is 8.87. The van der Waals surface area contributed by atoms with Crippen LogP contribution < -0.4 is 73.3 Å². The van der Waals surface area contributed by atoms with E-state index >= 15 is 0 Å². The van der Waals surface area contributed by atoms with E-state index in [0.29, 0.717) is 24.6 Å². The molecule has 1 N–H and O–H groups in total. The molecule has 3 heterocycles. The van der Waals surface area contributed by atoms with E-state index in [2.05, 4.69) is 92.7 Å². The number of nitrogens with zero attached hydrogens (tertiary/aromatic N) is 3. The Bertz CT molecular complexity index is 2440. The summed E-state index contributed by atoms with van der Waals surface area (Å²) in [5.41, 5.74) is 9.21. The smallest absolute Gasteiger partial charge is 0.748 e. The molecule has 0 spiro atoms. The summed E-state index contributed by atoms with van der Waals surface area (Å²) < 4.78 is 68.3. The van der Waals surface area contributed by atoms with Crippen LogP contribution >= 0.6 is 11.6 Å². The van der Waals surface area contributed by atoms with Crippen LogP contribution in [0.5, 0.6) is 5.75 Å². The number of aliphatic hydroxyl groups excluding tert-OH is 1. The Hall–Kier alpha value is -2.40. The number of benzene rings is 2. The molecule has 0 saturated heterocycles. The number of allylic oxidation sites excluding steroid dienone is 8. The van der Waals surface area contributed by atoms with E-state index in [9.17, 15) is 18.1 Å². The Labute approximate surface area is 418 Å². The van der Waals surface area contributed by atoms with Crippen molar-refractivity contribution in [2.24, 2.45) is 4.99 Å². The van der Waals surface area contributed by atoms with Crippen molar-refractivity contribution in [2.45, 2.75) is 103 Å². The fourth-order valence-electron chi connectivity index (χ4n) is 8.16. The molecule has 322 valence electrons. The summed E-state index contributed by atoms with van der Waals surface area (Å²) in [6.07, 6.45) is 17.4. The van der Waals surface area contributed by atoms with Crippen molar-refractivity contribution in [3.05, 3.63) is 124 Å². The second kappa shape index (κ2) is 24.2. The molecule has 0 atom stereocenters. The van der Waals surface area contributed by atoms with Gasteiger partial charge in [-0.3, -0.25) is 0 Å². The number of aliphatic hydroxyl groups is 1. The van der Waals surface area contributed by atoms with Crippen molar-refractivity contribution in [1.29, 1.82) is 0 Å². The predicted molar refractivity (Wildman–Crippen MR) is 236 cm³/mol. The van der Waals surface area contributed by atoms with Crippen molar-refractivity contribution in [2.75, 3.05) is 30.4 Å². The molecule has 16 heteroatoms. The zero-order valence-electron chi connectivity index (χ0n) is 37.0. The summed E-state index contributed by atoms with van der Waals surface area (Å²) in [5, 5.41) is 9.99. The number of aromatic nitrogens is 1. The van der Waals surface area contributed by atoms with E-state index in [4.69, 9.17) is 34.0 Å². The van der Waals surface area contributed by atoms with Gasteiger partial charge in [0, 0.05) is 24.6 Å². The van der Waals surface area contributed by atoms with Gasteiger partial charge in [-0.25, -0.2) is 13.0 Å². The van der Waals surface area contributed by atoms with Gasteiger partial charge in [0.2, 0.25) is 0 Å². The Balaban J connectivity index is 0.00000163. The Morgan fingerprint density at radius 3 is 2.44 bits per heavy atom. The van der Waals surface area contributed by atoms with Gasteiger partial charge in [-0.05, 0) is 122 Å². The maximum atomic E-state index is 11.6. The van der Waals surface area contributed by atoms with Crippen LogP contribution in [0.2, 0.25) is 5.02 Å². The Morgan fingerprint density at radius 2 is 1.74 bits per heavy atom. The number of hydrogen-bond acceptors (Lipinski definition) is 10. The van der Waals surface area contributed by atoms with Gasteiger partial charge in [0.05, 0.1) is 39.3 Å². The standard InChI is InChI=1S/C46H56ClN3O5S.2Na.O3S/c1-6-7-25-49-32-36(47)31-39-44(49)48-41(45(39,2)3)23-21-33-15-12-16-34(43(33)35-17-13-18-37(30-35)55-28-11-10-27-51)22-24-42-46(4,5)38-19-8-9-20-40(38)50(42)26-14-29-56(52,53)54;;;1-4(2)3/h9,13,17-24,30-32,51H,6-7,10-12,14-16,25-29H2,1-5H3,(H,52,53,54);;;/q;2*+1;/p-1. The third-order valence-electron chi connectivity index (χ3n) is 11.2. The summed E-state index contributed by atoms with van der Waals surface area (Å²) in [7, 11) is -7.44. The number of aryl methyl sites for hydroxylation is 1. The summed E-state index contributed by atoms with van der Waals surface area (Å²) >= 11 is 6.65. The van der Waals surface area contributed by atoms with Gasteiger partial charge in [-0.2, -0.15) is 18.2 Å². The first kappa shape index (κ1) is 53.9. The van der Waals surface area contributed by atoms with Crippen molar-refractivity contribution >= 4 is 55.1 Å². The number of rotatable bonds is 16. The van der Waals surface area contributed by atoms with E-state index in [-0.39, 0.29) is 83.0 Å². The molecule has 2 aliphatic heterocycles. The summed E-state index contributed by atoms with van der Waals surface area (Å²) in [6.45, 7) is 12.9. The van der Waals surface area contributed by atoms with Gasteiger partial charge in [0.1, 0.15) is 11.9 Å². The second-order valence-electron chi connectivity index (χ2n) is 16.2. The first-order valence-electron chi connectivity index (χ1n) is 20.5. The predicted octanol–water partition coefficient (Wildman–Crippen LogP) is 2.48. The number of pyridine rings is 1. The van der Waals surface area contributed by atoms with Crippen molar-refractivity contribution in [3.8, 4) is 5.75 Å². The van der Waals surface area contributed by atoms with E-state index in [1.54, 1.807) is 0 Å². The van der Waals surface area contributed by atoms with E-state index in [0.717, 1.165) is 96.0 Å². The monoisotopic (exact) mass is 922 g/mol. The quantitative estimate of drug-likeness (QED) is 0.0750. The van der Waals surface area contributed by atoms with E-state index < -0.39 is 26.5 Å². The third-order valence-corrected chi connectivity index (χ3v) is 12.2. The maximum Gasteiger partial charge on any atom is 1.00 e. The minimum atomic E-state index is -4.33. The summed E-state index contributed by atoms with van der Waals surface area (Å²) in [4.78, 5) is 7.38. The molecule has 0 fully saturated rings. The van der Waals surface area contributed by atoms with Crippen LogP contribution in [0.1, 0.15) is 103 Å². The summed E-state index contributed by atoms with van der Waals surface area (Å²) in [6, 6.07) is 19.5. The van der Waals surface area contributed by atoms with Gasteiger partial charge in [0.15, 0.2) is 5.71 Å². The van der Waals surface area contributed by atoms with Gasteiger partial charge in [-0.15, -0.1) is 24.3 Å². The Kier molecular flexibility index (Phi) is 21.1. The van der Waals surface area contributed by atoms with Crippen LogP contribution in [0.4, 0.5) is 11.5 Å². The molecule has 0 saturated carbocycles. The molecule has 3 aromatic rings. The average Bonchev–Trinajstić information content (AvgIpc) is 3.57. The number of fused-ring (bicyclic) bond motifs is 2. The molecule has 0 radical (unpaired) electrons. The number of ether oxygens (including phenoxy) is 1. The molecule has 3 aliphatic rings. The first-order chi connectivity index (χ1) is 28.5. The second-order valence-corrected chi connectivity index (χ2v) is 18.6. The minimum Gasteiger partial charge on any atom is -0.748 e. The number of unbranched alkanes of at least 4 members (excludes halogenated alkanes) is 2. The molecule has 1 aliphatic carbocycles. The average molecular weight is 924 g/mol. The van der Waals surface area contributed by atoms with Gasteiger partial charge in [-0.1, -0.05) is 68.8 Å². The van der Waals surface area contributed by atoms with Crippen molar-refractivity contribution in [1.82, 2.24) is 0 Å². The molecule has 0 unspecified atom stereocenters. The third kappa shape index (κ3) is 13.8. The Morgan fingerprint density at radius 1 is 1.00 bits per heavy atom. The largest absolute Gasteiger partial charge is 1.00 e. The number of halogens is 1. The fraction of sp³-hybridized carbons (Fsp3) is 0.435. The topological polar surface area (TPSA) is 157 Å². The van der Waals surface area contributed by atoms with E-state index in [1.807, 2.05) is 36.5 Å². The zero-order valence-corrected chi connectivity index (χ0v) is 43.4. The number of anilines is 1. The van der Waals surface area contributed by atoms with Gasteiger partial charge in [0.25, 0.3) is 0 Å². The van der Waals surface area contributed by atoms with E-state index in [1.165, 1.54) is 11.1 Å². The van der Waals surface area contributed by atoms with Crippen LogP contribution in [0, 0.1) is 6.07 Å². The van der Waals surface area contributed by atoms with Crippen LogP contribution in [0.15, 0.2) is 101 Å². The zero-order chi connectivity index (χ0) is 43.7. The summed E-state index contributed by atoms with van der Waals surface area (Å²) in [5.74, 6) is 1.35. The number of aliphatic imine (C=N–C) groups is 1. The molecular weight excluding hydrogens is 868 g/mol. The molecule has 11 nitrogen and oxygen atoms in total. The molecule has 2 aromatic carbocycles.